The van der Waals surface area contributed by atoms with Gasteiger partial charge in [-0.1, -0.05) is 13.8 Å². The summed E-state index contributed by atoms with van der Waals surface area (Å²) in [6.45, 7) is 8.49. The van der Waals surface area contributed by atoms with Crippen molar-refractivity contribution in [1.82, 2.24) is 0 Å². The monoisotopic (exact) mass is 402 g/mol. The first-order valence-electron chi connectivity index (χ1n) is 9.79. The van der Waals surface area contributed by atoms with Gasteiger partial charge in [-0.05, 0) is 30.4 Å². The Labute approximate surface area is 169 Å². The van der Waals surface area contributed by atoms with Crippen LogP contribution in [0.5, 0.6) is 5.75 Å². The second-order valence-corrected chi connectivity index (χ2v) is 7.50. The lowest BCUT2D eigenvalue weighted by atomic mass is 9.78. The van der Waals surface area contributed by atoms with Crippen LogP contribution < -0.4 is 4.74 Å². The highest BCUT2D eigenvalue weighted by molar-refractivity contribution is 5.94. The molecule has 1 aromatic carbocycles. The van der Waals surface area contributed by atoms with Crippen LogP contribution >= 0.6 is 0 Å². The highest BCUT2D eigenvalue weighted by atomic mass is 16.5. The zero-order valence-electron chi connectivity index (χ0n) is 17.4. The molecule has 1 aromatic heterocycles. The number of carbonyl (C=O) groups is 3. The molecule has 1 heterocycles. The SMILES string of the molecule is CCC(=O)Oc1c2c(c(COC(C)=O)c3c(C)coc13)C(C)CC(OC(C)=O)C2. The summed E-state index contributed by atoms with van der Waals surface area (Å²) in [6.07, 6.45) is 2.51. The van der Waals surface area contributed by atoms with Crippen molar-refractivity contribution in [2.45, 2.75) is 72.5 Å². The average Bonchev–Trinajstić information content (AvgIpc) is 3.02. The number of hydrogen-bond donors (Lipinski definition) is 0. The zero-order chi connectivity index (χ0) is 21.3. The minimum absolute atomic E-state index is 0.00596. The summed E-state index contributed by atoms with van der Waals surface area (Å²) >= 11 is 0. The Balaban J connectivity index is 2.25. The molecule has 0 saturated carbocycles. The quantitative estimate of drug-likeness (QED) is 0.549. The largest absolute Gasteiger partial charge is 0.462 e. The summed E-state index contributed by atoms with van der Waals surface area (Å²) in [6, 6.07) is 0. The van der Waals surface area contributed by atoms with E-state index in [9.17, 15) is 14.4 Å². The lowest BCUT2D eigenvalue weighted by Crippen LogP contribution is -2.28. The third-order valence-electron chi connectivity index (χ3n) is 5.21. The predicted molar refractivity (Wildman–Crippen MR) is 105 cm³/mol. The number of carbonyl (C=O) groups excluding carboxylic acids is 3. The molecular weight excluding hydrogens is 376 g/mol. The molecule has 7 heteroatoms. The number of benzene rings is 1. The summed E-state index contributed by atoms with van der Waals surface area (Å²) in [5.74, 6) is -0.738. The maximum atomic E-state index is 12.1. The summed E-state index contributed by atoms with van der Waals surface area (Å²) in [7, 11) is 0. The second kappa shape index (κ2) is 8.27. The summed E-state index contributed by atoms with van der Waals surface area (Å²) < 4.78 is 22.3. The predicted octanol–water partition coefficient (Wildman–Crippen LogP) is 4.10. The number of rotatable bonds is 5. The first-order chi connectivity index (χ1) is 13.7. The molecule has 0 spiro atoms. The lowest BCUT2D eigenvalue weighted by molar-refractivity contribution is -0.147. The van der Waals surface area contributed by atoms with E-state index in [1.165, 1.54) is 13.8 Å². The van der Waals surface area contributed by atoms with Crippen molar-refractivity contribution < 1.29 is 33.0 Å². The van der Waals surface area contributed by atoms with Gasteiger partial charge in [0.05, 0.1) is 6.26 Å². The average molecular weight is 402 g/mol. The van der Waals surface area contributed by atoms with Crippen molar-refractivity contribution in [3.63, 3.8) is 0 Å². The van der Waals surface area contributed by atoms with Gasteiger partial charge in [0, 0.05) is 43.2 Å². The molecular formula is C22H26O7. The van der Waals surface area contributed by atoms with Gasteiger partial charge in [0.15, 0.2) is 11.3 Å². The Kier molecular flexibility index (Phi) is 5.96. The molecule has 1 aliphatic rings. The van der Waals surface area contributed by atoms with E-state index in [2.05, 4.69) is 0 Å². The molecule has 7 nitrogen and oxygen atoms in total. The van der Waals surface area contributed by atoms with Crippen LogP contribution in [0.25, 0.3) is 11.0 Å². The maximum absolute atomic E-state index is 12.1. The van der Waals surface area contributed by atoms with E-state index in [1.54, 1.807) is 13.2 Å². The molecule has 3 rings (SSSR count). The highest BCUT2D eigenvalue weighted by Crippen LogP contribution is 2.46. The molecule has 29 heavy (non-hydrogen) atoms. The maximum Gasteiger partial charge on any atom is 0.311 e. The zero-order valence-corrected chi connectivity index (χ0v) is 17.4. The van der Waals surface area contributed by atoms with Gasteiger partial charge in [-0.2, -0.15) is 0 Å². The minimum Gasteiger partial charge on any atom is -0.462 e. The van der Waals surface area contributed by atoms with E-state index in [-0.39, 0.29) is 43.0 Å². The van der Waals surface area contributed by atoms with Gasteiger partial charge in [-0.15, -0.1) is 0 Å². The van der Waals surface area contributed by atoms with E-state index in [1.807, 2.05) is 13.8 Å². The number of ether oxygens (including phenoxy) is 3. The summed E-state index contributed by atoms with van der Waals surface area (Å²) in [5.41, 5.74) is 3.89. The van der Waals surface area contributed by atoms with Gasteiger partial charge in [0.2, 0.25) is 0 Å². The number of fused-ring (bicyclic) bond motifs is 2. The van der Waals surface area contributed by atoms with Crippen LogP contribution in [0.3, 0.4) is 0 Å². The van der Waals surface area contributed by atoms with Crippen molar-refractivity contribution in [2.75, 3.05) is 0 Å². The standard InChI is InChI=1S/C22H26O7/c1-6-18(25)29-21-16-8-15(28-14(5)24)7-11(2)19(16)17(10-26-13(4)23)20-12(3)9-27-22(20)21/h9,11,15H,6-8,10H2,1-5H3. The molecule has 0 radical (unpaired) electrons. The summed E-state index contributed by atoms with van der Waals surface area (Å²) in [5, 5.41) is 0.793. The van der Waals surface area contributed by atoms with Crippen LogP contribution in [0.15, 0.2) is 10.7 Å². The van der Waals surface area contributed by atoms with Gasteiger partial charge in [-0.25, -0.2) is 0 Å². The van der Waals surface area contributed by atoms with E-state index < -0.39 is 0 Å². The molecule has 156 valence electrons. The molecule has 2 atom stereocenters. The fraction of sp³-hybridized carbons (Fsp3) is 0.500. The Morgan fingerprint density at radius 3 is 2.55 bits per heavy atom. The van der Waals surface area contributed by atoms with Crippen molar-refractivity contribution in [3.05, 3.63) is 28.5 Å². The number of furan rings is 1. The van der Waals surface area contributed by atoms with Gasteiger partial charge in [0.25, 0.3) is 0 Å². The molecule has 0 fully saturated rings. The third kappa shape index (κ3) is 4.13. The van der Waals surface area contributed by atoms with E-state index >= 15 is 0 Å². The fourth-order valence-corrected chi connectivity index (χ4v) is 4.13. The summed E-state index contributed by atoms with van der Waals surface area (Å²) in [4.78, 5) is 35.1. The molecule has 0 N–H and O–H groups in total. The van der Waals surface area contributed by atoms with E-state index in [0.717, 1.165) is 27.6 Å². The highest BCUT2D eigenvalue weighted by Gasteiger charge is 2.35. The second-order valence-electron chi connectivity index (χ2n) is 7.50. The molecule has 0 bridgehead atoms. The number of hydrogen-bond acceptors (Lipinski definition) is 7. The van der Waals surface area contributed by atoms with Gasteiger partial charge in [-0.3, -0.25) is 14.4 Å². The normalized spacial score (nSPS) is 18.2. The Hall–Kier alpha value is -2.83. The van der Waals surface area contributed by atoms with Gasteiger partial charge in [0.1, 0.15) is 12.7 Å². The van der Waals surface area contributed by atoms with Crippen molar-refractivity contribution >= 4 is 28.9 Å². The van der Waals surface area contributed by atoms with E-state index in [0.29, 0.717) is 24.2 Å². The fourth-order valence-electron chi connectivity index (χ4n) is 4.13. The number of esters is 3. The molecule has 1 aliphatic carbocycles. The van der Waals surface area contributed by atoms with Crippen LogP contribution in [-0.4, -0.2) is 24.0 Å². The van der Waals surface area contributed by atoms with Crippen LogP contribution in [0.4, 0.5) is 0 Å². The Morgan fingerprint density at radius 2 is 1.93 bits per heavy atom. The van der Waals surface area contributed by atoms with Crippen LogP contribution in [-0.2, 0) is 36.9 Å². The first kappa shape index (κ1) is 20.9. The van der Waals surface area contributed by atoms with Crippen LogP contribution in [0.1, 0.15) is 68.7 Å². The number of aryl methyl sites for hydroxylation is 1. The minimum atomic E-state index is -0.379. The Bertz CT molecular complexity index is 969. The topological polar surface area (TPSA) is 92.0 Å². The van der Waals surface area contributed by atoms with Crippen molar-refractivity contribution in [3.8, 4) is 5.75 Å². The molecule has 0 aliphatic heterocycles. The van der Waals surface area contributed by atoms with Crippen LogP contribution in [0.2, 0.25) is 0 Å². The van der Waals surface area contributed by atoms with Gasteiger partial charge < -0.3 is 18.6 Å². The molecule has 2 unspecified atom stereocenters. The third-order valence-corrected chi connectivity index (χ3v) is 5.21. The smallest absolute Gasteiger partial charge is 0.311 e. The first-order valence-corrected chi connectivity index (χ1v) is 9.79. The lowest BCUT2D eigenvalue weighted by Gasteiger charge is -2.32. The van der Waals surface area contributed by atoms with Gasteiger partial charge >= 0.3 is 17.9 Å². The van der Waals surface area contributed by atoms with Crippen molar-refractivity contribution in [2.24, 2.45) is 0 Å². The van der Waals surface area contributed by atoms with Crippen molar-refractivity contribution in [1.29, 1.82) is 0 Å². The van der Waals surface area contributed by atoms with E-state index in [4.69, 9.17) is 18.6 Å². The molecule has 0 saturated heterocycles. The Morgan fingerprint density at radius 1 is 1.21 bits per heavy atom. The van der Waals surface area contributed by atoms with Crippen LogP contribution in [0, 0.1) is 6.92 Å². The molecule has 0 amide bonds. The molecule has 2 aromatic rings.